The van der Waals surface area contributed by atoms with Crippen molar-refractivity contribution in [3.8, 4) is 11.8 Å². The van der Waals surface area contributed by atoms with Crippen LogP contribution in [0.1, 0.15) is 11.1 Å². The monoisotopic (exact) mass is 399 g/mol. The fourth-order valence-corrected chi connectivity index (χ4v) is 2.68. The Morgan fingerprint density at radius 2 is 1.80 bits per heavy atom. The number of rotatable bonds is 7. The standard InChI is InChI=1S/C23H17N3O4/c24-15-19(23(27)25-21-11-4-5-12-22(21)26(28)29)13-18-9-6-10-20(14-18)30-16-17-7-2-1-3-8-17/h1-14H,16H2,(H,25,27)/b19-13+. The van der Waals surface area contributed by atoms with Crippen LogP contribution in [0, 0.1) is 21.4 Å². The predicted molar refractivity (Wildman–Crippen MR) is 113 cm³/mol. The Bertz CT molecular complexity index is 1130. The number of hydrogen-bond acceptors (Lipinski definition) is 5. The Labute approximate surface area is 173 Å². The van der Waals surface area contributed by atoms with Crippen LogP contribution in [0.2, 0.25) is 0 Å². The maximum absolute atomic E-state index is 12.5. The lowest BCUT2D eigenvalue weighted by Crippen LogP contribution is -2.14. The first-order valence-electron chi connectivity index (χ1n) is 9.00. The Morgan fingerprint density at radius 3 is 2.53 bits per heavy atom. The molecule has 0 aromatic heterocycles. The highest BCUT2D eigenvalue weighted by molar-refractivity contribution is 6.10. The highest BCUT2D eigenvalue weighted by atomic mass is 16.6. The number of nitriles is 1. The van der Waals surface area contributed by atoms with Crippen molar-refractivity contribution in [2.75, 3.05) is 5.32 Å². The molecule has 0 spiro atoms. The summed E-state index contributed by atoms with van der Waals surface area (Å²) in [6.07, 6.45) is 1.40. The van der Waals surface area contributed by atoms with E-state index in [1.807, 2.05) is 36.4 Å². The molecule has 0 heterocycles. The minimum atomic E-state index is -0.734. The van der Waals surface area contributed by atoms with Crippen molar-refractivity contribution in [2.45, 2.75) is 6.61 Å². The van der Waals surface area contributed by atoms with E-state index in [0.717, 1.165) is 5.56 Å². The number of nitro benzene ring substituents is 1. The summed E-state index contributed by atoms with van der Waals surface area (Å²) in [7, 11) is 0. The largest absolute Gasteiger partial charge is 0.489 e. The number of carbonyl (C=O) groups excluding carboxylic acids is 1. The number of anilines is 1. The second-order valence-electron chi connectivity index (χ2n) is 6.24. The van der Waals surface area contributed by atoms with Crippen LogP contribution in [-0.2, 0) is 11.4 Å². The number of ether oxygens (including phenoxy) is 1. The van der Waals surface area contributed by atoms with Gasteiger partial charge in [0.05, 0.1) is 4.92 Å². The molecular formula is C23H17N3O4. The first-order chi connectivity index (χ1) is 14.6. The third kappa shape index (κ3) is 5.30. The zero-order valence-corrected chi connectivity index (χ0v) is 15.8. The molecule has 0 radical (unpaired) electrons. The highest BCUT2D eigenvalue weighted by Crippen LogP contribution is 2.24. The number of para-hydroxylation sites is 2. The smallest absolute Gasteiger partial charge is 0.292 e. The average molecular weight is 399 g/mol. The third-order valence-electron chi connectivity index (χ3n) is 4.13. The summed E-state index contributed by atoms with van der Waals surface area (Å²) in [6, 6.07) is 24.2. The number of hydrogen-bond donors (Lipinski definition) is 1. The molecule has 0 unspecified atom stereocenters. The van der Waals surface area contributed by atoms with Gasteiger partial charge in [-0.3, -0.25) is 14.9 Å². The average Bonchev–Trinajstić information content (AvgIpc) is 2.77. The first kappa shape index (κ1) is 20.3. The molecule has 0 bridgehead atoms. The number of benzene rings is 3. The van der Waals surface area contributed by atoms with Gasteiger partial charge in [0, 0.05) is 6.07 Å². The summed E-state index contributed by atoms with van der Waals surface area (Å²) >= 11 is 0. The molecule has 0 aliphatic heterocycles. The lowest BCUT2D eigenvalue weighted by Gasteiger charge is -2.07. The normalized spacial score (nSPS) is 10.7. The Balaban J connectivity index is 1.75. The van der Waals surface area contributed by atoms with E-state index in [4.69, 9.17) is 4.74 Å². The van der Waals surface area contributed by atoms with E-state index in [9.17, 15) is 20.2 Å². The van der Waals surface area contributed by atoms with Crippen molar-refractivity contribution < 1.29 is 14.5 Å². The van der Waals surface area contributed by atoms with Crippen molar-refractivity contribution in [3.63, 3.8) is 0 Å². The van der Waals surface area contributed by atoms with Crippen LogP contribution < -0.4 is 10.1 Å². The lowest BCUT2D eigenvalue weighted by atomic mass is 10.1. The summed E-state index contributed by atoms with van der Waals surface area (Å²) in [4.78, 5) is 23.0. The van der Waals surface area contributed by atoms with Crippen LogP contribution in [0.25, 0.3) is 6.08 Å². The maximum Gasteiger partial charge on any atom is 0.292 e. The molecular weight excluding hydrogens is 382 g/mol. The van der Waals surface area contributed by atoms with Gasteiger partial charge in [0.25, 0.3) is 11.6 Å². The van der Waals surface area contributed by atoms with Gasteiger partial charge in [0.15, 0.2) is 0 Å². The molecule has 7 nitrogen and oxygen atoms in total. The second-order valence-corrected chi connectivity index (χ2v) is 6.24. The lowest BCUT2D eigenvalue weighted by molar-refractivity contribution is -0.383. The second kappa shape index (κ2) is 9.66. The fourth-order valence-electron chi connectivity index (χ4n) is 2.68. The molecule has 30 heavy (non-hydrogen) atoms. The topological polar surface area (TPSA) is 105 Å². The van der Waals surface area contributed by atoms with Crippen LogP contribution in [0.4, 0.5) is 11.4 Å². The SMILES string of the molecule is N#C/C(=C\c1cccc(OCc2ccccc2)c1)C(=O)Nc1ccccc1[N+](=O)[O-]. The number of carbonyl (C=O) groups is 1. The van der Waals surface area contributed by atoms with E-state index in [-0.39, 0.29) is 16.9 Å². The van der Waals surface area contributed by atoms with Crippen molar-refractivity contribution in [2.24, 2.45) is 0 Å². The summed E-state index contributed by atoms with van der Waals surface area (Å²) in [5.74, 6) is -0.147. The van der Waals surface area contributed by atoms with Crippen molar-refractivity contribution in [3.05, 3.63) is 106 Å². The van der Waals surface area contributed by atoms with Crippen LogP contribution in [0.5, 0.6) is 5.75 Å². The first-order valence-corrected chi connectivity index (χ1v) is 9.00. The Hall–Kier alpha value is -4.44. The van der Waals surface area contributed by atoms with E-state index >= 15 is 0 Å². The minimum Gasteiger partial charge on any atom is -0.489 e. The molecule has 3 aromatic carbocycles. The summed E-state index contributed by atoms with van der Waals surface area (Å²) in [5, 5.41) is 22.9. The summed E-state index contributed by atoms with van der Waals surface area (Å²) < 4.78 is 5.76. The molecule has 1 amide bonds. The van der Waals surface area contributed by atoms with Crippen LogP contribution in [0.3, 0.4) is 0 Å². The molecule has 0 saturated heterocycles. The van der Waals surface area contributed by atoms with Gasteiger partial charge >= 0.3 is 0 Å². The molecule has 0 fully saturated rings. The molecule has 0 saturated carbocycles. The number of nitrogens with one attached hydrogen (secondary N) is 1. The quantitative estimate of drug-likeness (QED) is 0.268. The molecule has 148 valence electrons. The number of nitrogens with zero attached hydrogens (tertiary/aromatic N) is 2. The van der Waals surface area contributed by atoms with Crippen molar-refractivity contribution >= 4 is 23.4 Å². The van der Waals surface area contributed by atoms with Gasteiger partial charge in [-0.1, -0.05) is 54.6 Å². The van der Waals surface area contributed by atoms with Crippen LogP contribution >= 0.6 is 0 Å². The molecule has 1 N–H and O–H groups in total. The zero-order valence-electron chi connectivity index (χ0n) is 15.8. The number of nitro groups is 1. The fraction of sp³-hybridized carbons (Fsp3) is 0.0435. The summed E-state index contributed by atoms with van der Waals surface area (Å²) in [6.45, 7) is 0.386. The van der Waals surface area contributed by atoms with Gasteiger partial charge < -0.3 is 10.1 Å². The zero-order chi connectivity index (χ0) is 21.3. The van der Waals surface area contributed by atoms with Crippen LogP contribution in [-0.4, -0.2) is 10.8 Å². The van der Waals surface area contributed by atoms with Gasteiger partial charge in [0.1, 0.15) is 29.7 Å². The van der Waals surface area contributed by atoms with E-state index < -0.39 is 10.8 Å². The summed E-state index contributed by atoms with van der Waals surface area (Å²) in [5.41, 5.74) is 1.19. The highest BCUT2D eigenvalue weighted by Gasteiger charge is 2.17. The van der Waals surface area contributed by atoms with Gasteiger partial charge in [-0.05, 0) is 35.4 Å². The maximum atomic E-state index is 12.5. The van der Waals surface area contributed by atoms with E-state index in [0.29, 0.717) is 17.9 Å². The van der Waals surface area contributed by atoms with Gasteiger partial charge in [-0.15, -0.1) is 0 Å². The number of amides is 1. The van der Waals surface area contributed by atoms with Gasteiger partial charge in [-0.25, -0.2) is 0 Å². The van der Waals surface area contributed by atoms with Crippen molar-refractivity contribution in [1.82, 2.24) is 0 Å². The minimum absolute atomic E-state index is 0.0218. The molecule has 0 aliphatic rings. The van der Waals surface area contributed by atoms with Crippen molar-refractivity contribution in [1.29, 1.82) is 5.26 Å². The third-order valence-corrected chi connectivity index (χ3v) is 4.13. The van der Waals surface area contributed by atoms with E-state index in [2.05, 4.69) is 5.32 Å². The predicted octanol–water partition coefficient (Wildman–Crippen LogP) is 4.72. The molecule has 0 atom stereocenters. The Morgan fingerprint density at radius 1 is 1.07 bits per heavy atom. The molecule has 7 heteroatoms. The molecule has 0 aliphatic carbocycles. The Kier molecular flexibility index (Phi) is 6.54. The van der Waals surface area contributed by atoms with E-state index in [1.54, 1.807) is 30.3 Å². The van der Waals surface area contributed by atoms with E-state index in [1.165, 1.54) is 24.3 Å². The van der Waals surface area contributed by atoms with Gasteiger partial charge in [0.2, 0.25) is 0 Å². The van der Waals surface area contributed by atoms with Crippen LogP contribution in [0.15, 0.2) is 84.4 Å². The van der Waals surface area contributed by atoms with Gasteiger partial charge in [-0.2, -0.15) is 5.26 Å². The molecule has 3 rings (SSSR count). The molecule has 3 aromatic rings.